The lowest BCUT2D eigenvalue weighted by Crippen LogP contribution is -2.39. The Labute approximate surface area is 244 Å². The molecule has 0 unspecified atom stereocenters. The highest BCUT2D eigenvalue weighted by Gasteiger charge is 2.26. The van der Waals surface area contributed by atoms with E-state index >= 15 is 0 Å². The number of nitrogens with zero attached hydrogens (tertiary/aromatic N) is 6. The molecule has 0 aliphatic rings. The lowest BCUT2D eigenvalue weighted by Gasteiger charge is -2.25. The number of sulfonamides is 1. The van der Waals surface area contributed by atoms with Crippen molar-refractivity contribution in [2.24, 2.45) is 0 Å². The minimum atomic E-state index is -3.93. The Kier molecular flexibility index (Phi) is 12.6. The van der Waals surface area contributed by atoms with Crippen molar-refractivity contribution in [3.8, 4) is 12.1 Å². The number of halogens is 2. The number of hydrogen-bond donors (Lipinski definition) is 0. The topological polar surface area (TPSA) is 121 Å². The predicted octanol–water partition coefficient (Wildman–Crippen LogP) is 5.18. The van der Waals surface area contributed by atoms with Crippen molar-refractivity contribution in [1.82, 2.24) is 14.2 Å². The number of carbonyl (C=O) groups excluding carboxylic acids is 1. The van der Waals surface area contributed by atoms with Crippen molar-refractivity contribution < 1.29 is 13.2 Å². The first kappa shape index (κ1) is 32.4. The van der Waals surface area contributed by atoms with Crippen LogP contribution in [0.25, 0.3) is 10.2 Å². The normalized spacial score (nSPS) is 11.3. The van der Waals surface area contributed by atoms with Gasteiger partial charge in [-0.2, -0.15) is 14.8 Å². The molecule has 0 bridgehead atoms. The zero-order valence-corrected chi connectivity index (χ0v) is 24.9. The Morgan fingerprint density at radius 3 is 2.15 bits per heavy atom. The molecule has 39 heavy (non-hydrogen) atoms. The fourth-order valence-electron chi connectivity index (χ4n) is 3.84. The van der Waals surface area contributed by atoms with E-state index < -0.39 is 10.0 Å². The molecule has 1 aromatic heterocycles. The number of fused-ring (bicyclic) bond motifs is 1. The molecule has 0 aliphatic carbocycles. The van der Waals surface area contributed by atoms with Crippen LogP contribution in [-0.4, -0.2) is 67.8 Å². The standard InChI is InChI=1S/C26H29ClN6O3S2.ClH/c1-3-31(4-2)17-18-33(26-30-23-12-9-21(27)19-24(23)37-26)25(34)20-7-10-22(11-8-20)38(35,36)32(15-5-13-28)16-6-14-29;/h7-12,19H,3-6,15-18H2,1-2H3;1H. The number of benzene rings is 2. The van der Waals surface area contributed by atoms with Crippen molar-refractivity contribution >= 4 is 66.6 Å². The number of aromatic nitrogens is 1. The molecule has 13 heteroatoms. The molecule has 0 radical (unpaired) electrons. The Hall–Kier alpha value is -2.77. The molecular weight excluding hydrogens is 579 g/mol. The maximum absolute atomic E-state index is 13.7. The molecule has 3 rings (SSSR count). The third-order valence-corrected chi connectivity index (χ3v) is 9.22. The highest BCUT2D eigenvalue weighted by molar-refractivity contribution is 7.89. The van der Waals surface area contributed by atoms with Gasteiger partial charge in [0.2, 0.25) is 10.0 Å². The summed E-state index contributed by atoms with van der Waals surface area (Å²) in [6.45, 7) is 6.84. The van der Waals surface area contributed by atoms with Gasteiger partial charge in [0.25, 0.3) is 5.91 Å². The quantitative estimate of drug-likeness (QED) is 0.262. The van der Waals surface area contributed by atoms with E-state index in [1.54, 1.807) is 11.0 Å². The number of thiazole rings is 1. The van der Waals surface area contributed by atoms with Gasteiger partial charge in [-0.05, 0) is 55.6 Å². The SMILES string of the molecule is CCN(CC)CCN(C(=O)c1ccc(S(=O)(=O)N(CCC#N)CCC#N)cc1)c1nc2ccc(Cl)cc2s1.Cl. The van der Waals surface area contributed by atoms with E-state index in [9.17, 15) is 13.2 Å². The zero-order valence-electron chi connectivity index (χ0n) is 21.7. The molecule has 1 amide bonds. The fraction of sp³-hybridized carbons (Fsp3) is 0.385. The Balaban J connectivity index is 0.00000533. The summed E-state index contributed by atoms with van der Waals surface area (Å²) in [7, 11) is -3.93. The van der Waals surface area contributed by atoms with Crippen molar-refractivity contribution in [2.45, 2.75) is 31.6 Å². The third-order valence-electron chi connectivity index (χ3n) is 6.03. The molecule has 0 aliphatic heterocycles. The molecule has 208 valence electrons. The van der Waals surface area contributed by atoms with E-state index in [1.165, 1.54) is 35.6 Å². The van der Waals surface area contributed by atoms with E-state index in [1.807, 2.05) is 24.3 Å². The Morgan fingerprint density at radius 1 is 0.974 bits per heavy atom. The van der Waals surface area contributed by atoms with Crippen molar-refractivity contribution in [1.29, 1.82) is 10.5 Å². The average Bonchev–Trinajstić information content (AvgIpc) is 3.33. The van der Waals surface area contributed by atoms with Crippen LogP contribution in [0.2, 0.25) is 5.02 Å². The summed E-state index contributed by atoms with van der Waals surface area (Å²) in [6, 6.07) is 15.0. The molecule has 1 heterocycles. The highest BCUT2D eigenvalue weighted by Crippen LogP contribution is 2.31. The predicted molar refractivity (Wildman–Crippen MR) is 157 cm³/mol. The van der Waals surface area contributed by atoms with Gasteiger partial charge in [-0.3, -0.25) is 9.69 Å². The second kappa shape index (κ2) is 15.1. The van der Waals surface area contributed by atoms with Crippen LogP contribution in [-0.2, 0) is 10.0 Å². The van der Waals surface area contributed by atoms with Gasteiger partial charge in [0.05, 0.1) is 27.3 Å². The summed E-state index contributed by atoms with van der Waals surface area (Å²) in [4.78, 5) is 22.1. The monoisotopic (exact) mass is 608 g/mol. The zero-order chi connectivity index (χ0) is 27.7. The van der Waals surface area contributed by atoms with Crippen molar-refractivity contribution in [3.05, 3.63) is 53.1 Å². The van der Waals surface area contributed by atoms with Crippen LogP contribution in [0.5, 0.6) is 0 Å². The first-order chi connectivity index (χ1) is 18.2. The average molecular weight is 610 g/mol. The molecule has 3 aromatic rings. The Bertz CT molecular complexity index is 1430. The summed E-state index contributed by atoms with van der Waals surface area (Å²) in [5, 5.41) is 18.9. The van der Waals surface area contributed by atoms with Gasteiger partial charge in [-0.15, -0.1) is 12.4 Å². The molecule has 0 saturated heterocycles. The number of anilines is 1. The van der Waals surface area contributed by atoms with Gasteiger partial charge >= 0.3 is 0 Å². The summed E-state index contributed by atoms with van der Waals surface area (Å²) >= 11 is 7.52. The summed E-state index contributed by atoms with van der Waals surface area (Å²) in [5.74, 6) is -0.294. The molecule has 0 spiro atoms. The number of hydrogen-bond acceptors (Lipinski definition) is 8. The smallest absolute Gasteiger partial charge is 0.260 e. The number of rotatable bonds is 13. The maximum Gasteiger partial charge on any atom is 0.260 e. The lowest BCUT2D eigenvalue weighted by molar-refractivity contribution is 0.0983. The van der Waals surface area contributed by atoms with Gasteiger partial charge in [-0.1, -0.05) is 36.8 Å². The summed E-state index contributed by atoms with van der Waals surface area (Å²) in [5.41, 5.74) is 1.06. The number of amides is 1. The largest absolute Gasteiger partial charge is 0.302 e. The molecule has 0 N–H and O–H groups in total. The summed E-state index contributed by atoms with van der Waals surface area (Å²) in [6.07, 6.45) is 0.0200. The number of carbonyl (C=O) groups is 1. The molecule has 9 nitrogen and oxygen atoms in total. The highest BCUT2D eigenvalue weighted by atomic mass is 35.5. The van der Waals surface area contributed by atoms with Crippen LogP contribution in [0.4, 0.5) is 5.13 Å². The first-order valence-electron chi connectivity index (χ1n) is 12.2. The van der Waals surface area contributed by atoms with Gasteiger partial charge in [-0.25, -0.2) is 13.4 Å². The third kappa shape index (κ3) is 8.12. The van der Waals surface area contributed by atoms with Crippen LogP contribution in [0.3, 0.4) is 0 Å². The van der Waals surface area contributed by atoms with E-state index in [-0.39, 0.29) is 49.1 Å². The minimum absolute atomic E-state index is 0. The molecule has 0 saturated carbocycles. The van der Waals surface area contributed by atoms with Crippen LogP contribution in [0.1, 0.15) is 37.0 Å². The molecule has 2 aromatic carbocycles. The van der Waals surface area contributed by atoms with E-state index in [2.05, 4.69) is 23.7 Å². The van der Waals surface area contributed by atoms with Crippen molar-refractivity contribution in [2.75, 3.05) is 44.2 Å². The maximum atomic E-state index is 13.7. The van der Waals surface area contributed by atoms with Crippen molar-refractivity contribution in [3.63, 3.8) is 0 Å². The second-order valence-electron chi connectivity index (χ2n) is 8.34. The van der Waals surface area contributed by atoms with Crippen LogP contribution in [0.15, 0.2) is 47.4 Å². The van der Waals surface area contributed by atoms with Crippen LogP contribution >= 0.6 is 35.3 Å². The van der Waals surface area contributed by atoms with Crippen LogP contribution < -0.4 is 4.90 Å². The molecular formula is C26H30Cl2N6O3S2. The van der Waals surface area contributed by atoms with Crippen LogP contribution in [0, 0.1) is 22.7 Å². The first-order valence-corrected chi connectivity index (χ1v) is 14.8. The summed E-state index contributed by atoms with van der Waals surface area (Å²) < 4.78 is 28.3. The fourth-order valence-corrected chi connectivity index (χ4v) is 6.55. The van der Waals surface area contributed by atoms with E-state index in [0.29, 0.717) is 28.8 Å². The molecule has 0 atom stereocenters. The molecule has 0 fully saturated rings. The number of nitriles is 2. The Morgan fingerprint density at radius 2 is 1.59 bits per heavy atom. The lowest BCUT2D eigenvalue weighted by atomic mass is 10.2. The van der Waals surface area contributed by atoms with Gasteiger partial charge in [0.1, 0.15) is 0 Å². The van der Waals surface area contributed by atoms with E-state index in [4.69, 9.17) is 22.1 Å². The van der Waals surface area contributed by atoms with E-state index in [0.717, 1.165) is 27.6 Å². The number of likely N-dealkylation sites (N-methyl/N-ethyl adjacent to an activating group) is 1. The van der Waals surface area contributed by atoms with Gasteiger partial charge in [0.15, 0.2) is 5.13 Å². The second-order valence-corrected chi connectivity index (χ2v) is 11.7. The van der Waals surface area contributed by atoms with Gasteiger partial charge in [0, 0.05) is 49.6 Å². The van der Waals surface area contributed by atoms with Gasteiger partial charge < -0.3 is 4.90 Å². The minimum Gasteiger partial charge on any atom is -0.302 e.